The SMILES string of the molecule is CC(C)c1cccc(NC(=O)c2cc3cc(F)ccc3[nH]2)c1. The number of hydrogen-bond donors (Lipinski definition) is 2. The van der Waals surface area contributed by atoms with Crippen LogP contribution < -0.4 is 5.32 Å². The summed E-state index contributed by atoms with van der Waals surface area (Å²) in [5.74, 6) is -0.159. The maximum atomic E-state index is 13.2. The van der Waals surface area contributed by atoms with Crippen molar-refractivity contribution < 1.29 is 9.18 Å². The van der Waals surface area contributed by atoms with Gasteiger partial charge in [0.1, 0.15) is 11.5 Å². The standard InChI is InChI=1S/C18H17FN2O/c1-11(2)12-4-3-5-15(9-12)20-18(22)17-10-13-8-14(19)6-7-16(13)21-17/h3-11,21H,1-2H3,(H,20,22). The fourth-order valence-electron chi connectivity index (χ4n) is 2.40. The van der Waals surface area contributed by atoms with Gasteiger partial charge in [0, 0.05) is 16.6 Å². The van der Waals surface area contributed by atoms with Gasteiger partial charge in [0.25, 0.3) is 5.91 Å². The van der Waals surface area contributed by atoms with Crippen LogP contribution in [0.3, 0.4) is 0 Å². The van der Waals surface area contributed by atoms with Gasteiger partial charge in [-0.25, -0.2) is 4.39 Å². The van der Waals surface area contributed by atoms with E-state index in [4.69, 9.17) is 0 Å². The highest BCUT2D eigenvalue weighted by Crippen LogP contribution is 2.20. The number of anilines is 1. The molecule has 3 aromatic rings. The van der Waals surface area contributed by atoms with Gasteiger partial charge in [-0.3, -0.25) is 4.79 Å². The van der Waals surface area contributed by atoms with Crippen LogP contribution in [0.5, 0.6) is 0 Å². The van der Waals surface area contributed by atoms with Gasteiger partial charge < -0.3 is 10.3 Å². The van der Waals surface area contributed by atoms with E-state index in [-0.39, 0.29) is 11.7 Å². The lowest BCUT2D eigenvalue weighted by molar-refractivity contribution is 0.102. The van der Waals surface area contributed by atoms with Crippen LogP contribution >= 0.6 is 0 Å². The topological polar surface area (TPSA) is 44.9 Å². The normalized spacial score (nSPS) is 11.1. The number of nitrogens with one attached hydrogen (secondary N) is 2. The molecule has 0 radical (unpaired) electrons. The van der Waals surface area contributed by atoms with Crippen molar-refractivity contribution in [1.29, 1.82) is 0 Å². The third kappa shape index (κ3) is 2.86. The molecule has 0 fully saturated rings. The second-order valence-corrected chi connectivity index (χ2v) is 5.65. The maximum absolute atomic E-state index is 13.2. The quantitative estimate of drug-likeness (QED) is 0.724. The predicted octanol–water partition coefficient (Wildman–Crippen LogP) is 4.68. The number of carbonyl (C=O) groups is 1. The number of benzene rings is 2. The number of fused-ring (bicyclic) bond motifs is 1. The van der Waals surface area contributed by atoms with Crippen LogP contribution in [-0.4, -0.2) is 10.9 Å². The molecule has 1 amide bonds. The molecule has 1 heterocycles. The van der Waals surface area contributed by atoms with E-state index >= 15 is 0 Å². The molecule has 22 heavy (non-hydrogen) atoms. The van der Waals surface area contributed by atoms with Crippen molar-refractivity contribution in [1.82, 2.24) is 4.98 Å². The number of aromatic nitrogens is 1. The van der Waals surface area contributed by atoms with E-state index in [2.05, 4.69) is 24.1 Å². The van der Waals surface area contributed by atoms with Crippen LogP contribution in [0.25, 0.3) is 10.9 Å². The first-order valence-electron chi connectivity index (χ1n) is 7.22. The van der Waals surface area contributed by atoms with E-state index in [1.165, 1.54) is 12.1 Å². The minimum atomic E-state index is -0.317. The first-order valence-corrected chi connectivity index (χ1v) is 7.22. The Bertz CT molecular complexity index is 836. The molecule has 1 aromatic heterocycles. The molecular weight excluding hydrogens is 279 g/mol. The lowest BCUT2D eigenvalue weighted by Gasteiger charge is -2.08. The molecule has 0 aliphatic heterocycles. The van der Waals surface area contributed by atoms with Gasteiger partial charge in [0.2, 0.25) is 0 Å². The molecule has 0 atom stereocenters. The van der Waals surface area contributed by atoms with Gasteiger partial charge >= 0.3 is 0 Å². The summed E-state index contributed by atoms with van der Waals surface area (Å²) in [5, 5.41) is 3.55. The van der Waals surface area contributed by atoms with Gasteiger partial charge in [-0.1, -0.05) is 26.0 Å². The number of halogens is 1. The monoisotopic (exact) mass is 296 g/mol. The van der Waals surface area contributed by atoms with Crippen LogP contribution in [-0.2, 0) is 0 Å². The van der Waals surface area contributed by atoms with Crippen molar-refractivity contribution in [2.24, 2.45) is 0 Å². The second-order valence-electron chi connectivity index (χ2n) is 5.65. The third-order valence-corrected chi connectivity index (χ3v) is 3.64. The number of aromatic amines is 1. The van der Waals surface area contributed by atoms with Crippen molar-refractivity contribution in [3.63, 3.8) is 0 Å². The Morgan fingerprint density at radius 3 is 2.73 bits per heavy atom. The maximum Gasteiger partial charge on any atom is 0.272 e. The summed E-state index contributed by atoms with van der Waals surface area (Å²) in [5.41, 5.74) is 3.07. The lowest BCUT2D eigenvalue weighted by atomic mass is 10.0. The zero-order valence-corrected chi connectivity index (χ0v) is 12.5. The summed E-state index contributed by atoms with van der Waals surface area (Å²) in [6.07, 6.45) is 0. The van der Waals surface area contributed by atoms with Crippen molar-refractivity contribution in [3.8, 4) is 0 Å². The summed E-state index contributed by atoms with van der Waals surface area (Å²) in [6, 6.07) is 13.8. The number of H-pyrrole nitrogens is 1. The molecule has 112 valence electrons. The number of hydrogen-bond acceptors (Lipinski definition) is 1. The summed E-state index contributed by atoms with van der Waals surface area (Å²) in [4.78, 5) is 15.3. The van der Waals surface area contributed by atoms with E-state index in [9.17, 15) is 9.18 Å². The minimum Gasteiger partial charge on any atom is -0.351 e. The Labute approximate surface area is 128 Å². The molecule has 0 saturated carbocycles. The highest BCUT2D eigenvalue weighted by atomic mass is 19.1. The Balaban J connectivity index is 1.85. The lowest BCUT2D eigenvalue weighted by Crippen LogP contribution is -2.12. The van der Waals surface area contributed by atoms with Gasteiger partial charge in [-0.15, -0.1) is 0 Å². The fourth-order valence-corrected chi connectivity index (χ4v) is 2.40. The van der Waals surface area contributed by atoms with Crippen LogP contribution in [0.4, 0.5) is 10.1 Å². The Hall–Kier alpha value is -2.62. The van der Waals surface area contributed by atoms with Gasteiger partial charge in [-0.05, 0) is 47.9 Å². The summed E-state index contributed by atoms with van der Waals surface area (Å²) in [6.45, 7) is 4.21. The van der Waals surface area contributed by atoms with Crippen molar-refractivity contribution in [3.05, 3.63) is 65.6 Å². The van der Waals surface area contributed by atoms with Crippen LogP contribution in [0, 0.1) is 5.82 Å². The first kappa shape index (κ1) is 14.3. The molecule has 0 aliphatic rings. The highest BCUT2D eigenvalue weighted by molar-refractivity contribution is 6.05. The third-order valence-electron chi connectivity index (χ3n) is 3.64. The molecule has 0 spiro atoms. The van der Waals surface area contributed by atoms with E-state index in [1.54, 1.807) is 12.1 Å². The van der Waals surface area contributed by atoms with Crippen LogP contribution in [0.15, 0.2) is 48.5 Å². The molecule has 3 nitrogen and oxygen atoms in total. The molecule has 0 aliphatic carbocycles. The largest absolute Gasteiger partial charge is 0.351 e. The van der Waals surface area contributed by atoms with Crippen molar-refractivity contribution in [2.75, 3.05) is 5.32 Å². The van der Waals surface area contributed by atoms with E-state index < -0.39 is 0 Å². The van der Waals surface area contributed by atoms with E-state index in [0.717, 1.165) is 16.8 Å². The van der Waals surface area contributed by atoms with Gasteiger partial charge in [-0.2, -0.15) is 0 Å². The van der Waals surface area contributed by atoms with Gasteiger partial charge in [0.15, 0.2) is 0 Å². The van der Waals surface area contributed by atoms with Crippen LogP contribution in [0.1, 0.15) is 35.8 Å². The molecule has 0 bridgehead atoms. The molecule has 3 rings (SSSR count). The average Bonchev–Trinajstić information content (AvgIpc) is 2.90. The zero-order chi connectivity index (χ0) is 15.7. The van der Waals surface area contributed by atoms with Crippen LogP contribution in [0.2, 0.25) is 0 Å². The molecule has 2 aromatic carbocycles. The Kier molecular flexibility index (Phi) is 3.67. The molecule has 4 heteroatoms. The summed E-state index contributed by atoms with van der Waals surface area (Å²) in [7, 11) is 0. The number of carbonyl (C=O) groups excluding carboxylic acids is 1. The summed E-state index contributed by atoms with van der Waals surface area (Å²) < 4.78 is 13.2. The number of amides is 1. The first-order chi connectivity index (χ1) is 10.5. The zero-order valence-electron chi connectivity index (χ0n) is 12.5. The Morgan fingerprint density at radius 2 is 1.95 bits per heavy atom. The Morgan fingerprint density at radius 1 is 1.14 bits per heavy atom. The smallest absolute Gasteiger partial charge is 0.272 e. The number of rotatable bonds is 3. The second kappa shape index (κ2) is 5.64. The van der Waals surface area contributed by atoms with Crippen molar-refractivity contribution in [2.45, 2.75) is 19.8 Å². The van der Waals surface area contributed by atoms with Gasteiger partial charge in [0.05, 0.1) is 0 Å². The van der Waals surface area contributed by atoms with Crippen molar-refractivity contribution >= 4 is 22.5 Å². The molecule has 0 unspecified atom stereocenters. The highest BCUT2D eigenvalue weighted by Gasteiger charge is 2.11. The average molecular weight is 296 g/mol. The fraction of sp³-hybridized carbons (Fsp3) is 0.167. The predicted molar refractivity (Wildman–Crippen MR) is 86.7 cm³/mol. The molecule has 2 N–H and O–H groups in total. The molecular formula is C18H17FN2O. The minimum absolute atomic E-state index is 0.238. The van der Waals surface area contributed by atoms with E-state index in [0.29, 0.717) is 17.0 Å². The van der Waals surface area contributed by atoms with E-state index in [1.807, 2.05) is 24.3 Å². The molecule has 0 saturated heterocycles. The summed E-state index contributed by atoms with van der Waals surface area (Å²) >= 11 is 0.